The number of nitrogens with zero attached hydrogens (tertiary/aromatic N) is 2. The molecule has 0 unspecified atom stereocenters. The molecule has 0 aliphatic heterocycles. The number of pyridine rings is 1. The second-order valence-electron chi connectivity index (χ2n) is 6.90. The summed E-state index contributed by atoms with van der Waals surface area (Å²) in [4.78, 5) is 7.03. The molecule has 0 saturated heterocycles. The summed E-state index contributed by atoms with van der Waals surface area (Å²) in [7, 11) is 1.72. The summed E-state index contributed by atoms with van der Waals surface area (Å²) in [6.07, 6.45) is 1.95. The average molecular weight is 407 g/mol. The summed E-state index contributed by atoms with van der Waals surface area (Å²) in [5.41, 5.74) is 3.11. The molecule has 0 saturated carbocycles. The minimum Gasteiger partial charge on any atom is -0.496 e. The van der Waals surface area contributed by atoms with E-state index >= 15 is 0 Å². The number of benzene rings is 2. The second kappa shape index (κ2) is 8.80. The molecule has 0 aliphatic rings. The predicted molar refractivity (Wildman–Crippen MR) is 122 cm³/mol. The molecule has 4 nitrogen and oxygen atoms in total. The van der Waals surface area contributed by atoms with E-state index in [-0.39, 0.29) is 0 Å². The fourth-order valence-corrected chi connectivity index (χ4v) is 4.50. The van der Waals surface area contributed by atoms with Gasteiger partial charge in [0.1, 0.15) is 18.1 Å². The molecule has 4 aromatic rings. The molecule has 0 N–H and O–H groups in total. The average Bonchev–Trinajstić information content (AvgIpc) is 3.25. The van der Waals surface area contributed by atoms with Gasteiger partial charge in [0.2, 0.25) is 0 Å². The lowest BCUT2D eigenvalue weighted by Gasteiger charge is -2.18. The van der Waals surface area contributed by atoms with Crippen molar-refractivity contribution in [2.24, 2.45) is 0 Å². The number of hydrogen-bond acceptors (Lipinski definition) is 5. The van der Waals surface area contributed by atoms with Crippen molar-refractivity contribution >= 4 is 32.3 Å². The molecule has 2 aromatic carbocycles. The zero-order chi connectivity index (χ0) is 20.2. The van der Waals surface area contributed by atoms with Crippen molar-refractivity contribution < 1.29 is 9.47 Å². The Morgan fingerprint density at radius 2 is 1.93 bits per heavy atom. The molecule has 2 aromatic heterocycles. The van der Waals surface area contributed by atoms with E-state index in [4.69, 9.17) is 9.47 Å². The number of ether oxygens (including phenoxy) is 2. The monoisotopic (exact) mass is 406 g/mol. The molecule has 4 rings (SSSR count). The van der Waals surface area contributed by atoms with Crippen LogP contribution >= 0.6 is 11.3 Å². The van der Waals surface area contributed by atoms with Crippen molar-refractivity contribution in [1.82, 2.24) is 9.88 Å². The zero-order valence-electron chi connectivity index (χ0n) is 17.1. The summed E-state index contributed by atoms with van der Waals surface area (Å²) in [5, 5.41) is 4.45. The zero-order valence-corrected chi connectivity index (χ0v) is 18.0. The molecule has 5 heteroatoms. The Morgan fingerprint density at radius 3 is 2.72 bits per heavy atom. The van der Waals surface area contributed by atoms with Crippen molar-refractivity contribution in [2.75, 3.05) is 33.4 Å². The maximum absolute atomic E-state index is 6.06. The minimum absolute atomic E-state index is 0.675. The van der Waals surface area contributed by atoms with Gasteiger partial charge in [0, 0.05) is 29.1 Å². The van der Waals surface area contributed by atoms with Crippen LogP contribution in [-0.4, -0.2) is 43.2 Å². The van der Waals surface area contributed by atoms with E-state index < -0.39 is 0 Å². The highest BCUT2D eigenvalue weighted by Crippen LogP contribution is 2.41. The van der Waals surface area contributed by atoms with Gasteiger partial charge in [-0.25, -0.2) is 0 Å². The number of hydrogen-bond donors (Lipinski definition) is 0. The molecule has 0 amide bonds. The molecular weight excluding hydrogens is 380 g/mol. The molecular formula is C24H26N2O2S. The molecule has 29 heavy (non-hydrogen) atoms. The van der Waals surface area contributed by atoms with E-state index in [1.165, 1.54) is 10.1 Å². The van der Waals surface area contributed by atoms with Gasteiger partial charge in [-0.1, -0.05) is 26.0 Å². The summed E-state index contributed by atoms with van der Waals surface area (Å²) < 4.78 is 13.0. The van der Waals surface area contributed by atoms with E-state index in [1.54, 1.807) is 18.4 Å². The minimum atomic E-state index is 0.675. The third kappa shape index (κ3) is 3.93. The van der Waals surface area contributed by atoms with Crippen LogP contribution in [0.1, 0.15) is 13.8 Å². The van der Waals surface area contributed by atoms with Gasteiger partial charge in [0.15, 0.2) is 0 Å². The standard InChI is InChI=1S/C24H26N2O2S/c1-4-26(5-2)12-13-28-18-8-6-7-17(15-18)23-21(27-3)10-9-20-24(23)19-11-14-29-22(19)16-25-20/h6-11,14-16H,4-5,12-13H2,1-3H3. The van der Waals surface area contributed by atoms with Gasteiger partial charge in [0.05, 0.1) is 17.3 Å². The van der Waals surface area contributed by atoms with Crippen LogP contribution in [0, 0.1) is 0 Å². The van der Waals surface area contributed by atoms with Crippen LogP contribution in [0.25, 0.3) is 32.1 Å². The van der Waals surface area contributed by atoms with Crippen LogP contribution in [0.15, 0.2) is 54.0 Å². The van der Waals surface area contributed by atoms with Crippen LogP contribution in [0.3, 0.4) is 0 Å². The quantitative estimate of drug-likeness (QED) is 0.368. The van der Waals surface area contributed by atoms with Crippen LogP contribution in [0.4, 0.5) is 0 Å². The Bertz CT molecular complexity index is 1120. The molecule has 0 radical (unpaired) electrons. The van der Waals surface area contributed by atoms with Crippen molar-refractivity contribution in [3.63, 3.8) is 0 Å². The van der Waals surface area contributed by atoms with Crippen molar-refractivity contribution in [3.05, 3.63) is 54.0 Å². The maximum Gasteiger partial charge on any atom is 0.127 e. The highest BCUT2D eigenvalue weighted by atomic mass is 32.1. The van der Waals surface area contributed by atoms with Gasteiger partial charge in [-0.15, -0.1) is 11.3 Å². The lowest BCUT2D eigenvalue weighted by Crippen LogP contribution is -2.27. The molecule has 150 valence electrons. The van der Waals surface area contributed by atoms with Crippen molar-refractivity contribution in [2.45, 2.75) is 13.8 Å². The molecule has 0 aliphatic carbocycles. The third-order valence-electron chi connectivity index (χ3n) is 5.34. The lowest BCUT2D eigenvalue weighted by atomic mass is 9.97. The van der Waals surface area contributed by atoms with Crippen molar-refractivity contribution in [3.8, 4) is 22.6 Å². The normalized spacial score (nSPS) is 11.4. The van der Waals surface area contributed by atoms with E-state index in [0.29, 0.717) is 6.61 Å². The Hall–Kier alpha value is -2.63. The number of methoxy groups -OCH3 is 1. The number of likely N-dealkylation sites (N-methyl/N-ethyl adjacent to an activating group) is 1. The summed E-state index contributed by atoms with van der Waals surface area (Å²) in [5.74, 6) is 1.72. The molecule has 0 bridgehead atoms. The largest absolute Gasteiger partial charge is 0.496 e. The number of fused-ring (bicyclic) bond motifs is 3. The van der Waals surface area contributed by atoms with Crippen LogP contribution < -0.4 is 9.47 Å². The fraction of sp³-hybridized carbons (Fsp3) is 0.292. The van der Waals surface area contributed by atoms with Gasteiger partial charge in [-0.05, 0) is 54.4 Å². The van der Waals surface area contributed by atoms with E-state index in [1.807, 2.05) is 30.5 Å². The first-order chi connectivity index (χ1) is 14.2. The van der Waals surface area contributed by atoms with Gasteiger partial charge >= 0.3 is 0 Å². The van der Waals surface area contributed by atoms with Gasteiger partial charge in [-0.3, -0.25) is 4.98 Å². The number of rotatable bonds is 8. The first-order valence-corrected chi connectivity index (χ1v) is 10.9. The van der Waals surface area contributed by atoms with Crippen LogP contribution in [0.5, 0.6) is 11.5 Å². The number of aromatic nitrogens is 1. The highest BCUT2D eigenvalue weighted by Gasteiger charge is 2.15. The van der Waals surface area contributed by atoms with Crippen LogP contribution in [0.2, 0.25) is 0 Å². The molecule has 0 fully saturated rings. The maximum atomic E-state index is 6.06. The predicted octanol–water partition coefficient (Wildman–Crippen LogP) is 5.85. The Labute approximate surface area is 175 Å². The highest BCUT2D eigenvalue weighted by molar-refractivity contribution is 7.17. The fourth-order valence-electron chi connectivity index (χ4n) is 3.74. The SMILES string of the molecule is CCN(CC)CCOc1cccc(-c2c(OC)ccc3ncc4sccc4c23)c1. The summed E-state index contributed by atoms with van der Waals surface area (Å²) in [6.45, 7) is 8.03. The van der Waals surface area contributed by atoms with Crippen molar-refractivity contribution in [1.29, 1.82) is 0 Å². The van der Waals surface area contributed by atoms with E-state index in [2.05, 4.69) is 47.3 Å². The van der Waals surface area contributed by atoms with Crippen LogP contribution in [-0.2, 0) is 0 Å². The Kier molecular flexibility index (Phi) is 5.97. The molecule has 0 atom stereocenters. The number of thiophene rings is 1. The second-order valence-corrected chi connectivity index (χ2v) is 7.84. The summed E-state index contributed by atoms with van der Waals surface area (Å²) >= 11 is 1.71. The Morgan fingerprint density at radius 1 is 1.07 bits per heavy atom. The summed E-state index contributed by atoms with van der Waals surface area (Å²) in [6, 6.07) is 14.5. The van der Waals surface area contributed by atoms with Gasteiger partial charge in [-0.2, -0.15) is 0 Å². The molecule has 0 spiro atoms. The lowest BCUT2D eigenvalue weighted by molar-refractivity contribution is 0.223. The topological polar surface area (TPSA) is 34.6 Å². The van der Waals surface area contributed by atoms with E-state index in [9.17, 15) is 0 Å². The first kappa shape index (κ1) is 19.7. The van der Waals surface area contributed by atoms with Gasteiger partial charge < -0.3 is 14.4 Å². The van der Waals surface area contributed by atoms with E-state index in [0.717, 1.165) is 53.2 Å². The first-order valence-electron chi connectivity index (χ1n) is 10.0. The third-order valence-corrected chi connectivity index (χ3v) is 6.20. The Balaban J connectivity index is 1.75. The van der Waals surface area contributed by atoms with Gasteiger partial charge in [0.25, 0.3) is 0 Å². The molecule has 2 heterocycles. The smallest absolute Gasteiger partial charge is 0.127 e.